The third-order valence-corrected chi connectivity index (χ3v) is 7.09. The molecule has 166 valence electrons. The molecule has 3 rings (SSSR count). The van der Waals surface area contributed by atoms with Crippen molar-refractivity contribution in [1.29, 1.82) is 0 Å². The highest BCUT2D eigenvalue weighted by atomic mass is 19.2. The molecule has 1 nitrogen and oxygen atoms in total. The lowest BCUT2D eigenvalue weighted by Gasteiger charge is -2.28. The molecule has 30 heavy (non-hydrogen) atoms. The number of benzene rings is 1. The van der Waals surface area contributed by atoms with Gasteiger partial charge in [0.25, 0.3) is 0 Å². The first-order valence-corrected chi connectivity index (χ1v) is 12.0. The number of allylic oxidation sites excluding steroid dienone is 4. The number of rotatable bonds is 8. The molecule has 0 amide bonds. The predicted molar refractivity (Wildman–Crippen MR) is 121 cm³/mol. The molecular weight excluding hydrogens is 378 g/mol. The summed E-state index contributed by atoms with van der Waals surface area (Å²) in [7, 11) is 0. The molecule has 0 aromatic heterocycles. The van der Waals surface area contributed by atoms with Crippen molar-refractivity contribution in [2.45, 2.75) is 84.0 Å². The van der Waals surface area contributed by atoms with E-state index >= 15 is 0 Å². The van der Waals surface area contributed by atoms with Crippen LogP contribution >= 0.6 is 0 Å². The summed E-state index contributed by atoms with van der Waals surface area (Å²) in [5, 5.41) is 0. The maximum Gasteiger partial charge on any atom is 0.200 e. The molecule has 1 aromatic carbocycles. The summed E-state index contributed by atoms with van der Waals surface area (Å²) in [4.78, 5) is 0. The summed E-state index contributed by atoms with van der Waals surface area (Å²) < 4.78 is 33.8. The van der Waals surface area contributed by atoms with E-state index in [1.165, 1.54) is 38.5 Å². The number of halogens is 2. The SMILES string of the molecule is C/C=C/C1CCC(CC/C=C/C2CCC(c3ccc(OCC)c(F)c3F)CC2)CC1. The second-order valence-corrected chi connectivity index (χ2v) is 9.14. The fourth-order valence-electron chi connectivity index (χ4n) is 5.31. The molecule has 2 aliphatic rings. The van der Waals surface area contributed by atoms with Crippen molar-refractivity contribution in [2.24, 2.45) is 17.8 Å². The Morgan fingerprint density at radius 3 is 2.23 bits per heavy atom. The van der Waals surface area contributed by atoms with Crippen LogP contribution in [0.4, 0.5) is 8.78 Å². The van der Waals surface area contributed by atoms with Gasteiger partial charge in [-0.05, 0) is 113 Å². The molecule has 0 N–H and O–H groups in total. The summed E-state index contributed by atoms with van der Waals surface area (Å²) in [6, 6.07) is 3.30. The number of hydrogen-bond acceptors (Lipinski definition) is 1. The Kier molecular flexibility index (Phi) is 8.96. The maximum absolute atomic E-state index is 14.5. The molecule has 2 aliphatic carbocycles. The van der Waals surface area contributed by atoms with Crippen LogP contribution < -0.4 is 4.74 Å². The van der Waals surface area contributed by atoms with Crippen LogP contribution in [0.1, 0.15) is 89.5 Å². The van der Waals surface area contributed by atoms with E-state index in [9.17, 15) is 8.78 Å². The normalized spacial score (nSPS) is 27.7. The van der Waals surface area contributed by atoms with Crippen LogP contribution in [0.25, 0.3) is 0 Å². The topological polar surface area (TPSA) is 9.23 Å². The Morgan fingerprint density at radius 1 is 0.900 bits per heavy atom. The summed E-state index contributed by atoms with van der Waals surface area (Å²) in [6.45, 7) is 4.23. The van der Waals surface area contributed by atoms with Crippen molar-refractivity contribution < 1.29 is 13.5 Å². The van der Waals surface area contributed by atoms with Crippen LogP contribution in [0, 0.1) is 29.4 Å². The fraction of sp³-hybridized carbons (Fsp3) is 0.630. The molecular formula is C27H38F2O. The molecule has 3 heteroatoms. The Bertz CT molecular complexity index is 708. The van der Waals surface area contributed by atoms with Crippen molar-refractivity contribution >= 4 is 0 Å². The first-order chi connectivity index (χ1) is 14.6. The summed E-state index contributed by atoms with van der Waals surface area (Å²) >= 11 is 0. The van der Waals surface area contributed by atoms with E-state index in [1.807, 2.05) is 0 Å². The average molecular weight is 417 g/mol. The quantitative estimate of drug-likeness (QED) is 0.387. The van der Waals surface area contributed by atoms with Crippen molar-refractivity contribution in [3.63, 3.8) is 0 Å². The highest BCUT2D eigenvalue weighted by molar-refractivity contribution is 5.33. The minimum absolute atomic E-state index is 0.0192. The van der Waals surface area contributed by atoms with E-state index in [0.717, 1.165) is 37.5 Å². The smallest absolute Gasteiger partial charge is 0.200 e. The standard InChI is InChI=1S/C27H38F2O/c1-3-7-20-10-12-21(13-11-20)8-5-6-9-22-14-16-23(17-15-22)24-18-19-25(30-4-2)27(29)26(24)28/h3,6-7,9,18-23H,4-5,8,10-17H2,1-2H3/b7-3+,9-6+. The minimum atomic E-state index is -0.837. The first kappa shape index (κ1) is 23.0. The zero-order valence-corrected chi connectivity index (χ0v) is 18.7. The van der Waals surface area contributed by atoms with Gasteiger partial charge < -0.3 is 4.74 Å². The lowest BCUT2D eigenvalue weighted by molar-refractivity contribution is 0.297. The van der Waals surface area contributed by atoms with Crippen LogP contribution in [0.3, 0.4) is 0 Å². The van der Waals surface area contributed by atoms with E-state index in [-0.39, 0.29) is 11.7 Å². The molecule has 0 atom stereocenters. The number of ether oxygens (including phenoxy) is 1. The van der Waals surface area contributed by atoms with E-state index in [1.54, 1.807) is 19.1 Å². The summed E-state index contributed by atoms with van der Waals surface area (Å²) in [6.07, 6.45) is 21.2. The lowest BCUT2D eigenvalue weighted by Crippen LogP contribution is -2.14. The summed E-state index contributed by atoms with van der Waals surface area (Å²) in [5.74, 6) is 0.871. The molecule has 0 spiro atoms. The van der Waals surface area contributed by atoms with Crippen molar-refractivity contribution in [3.8, 4) is 5.75 Å². The second-order valence-electron chi connectivity index (χ2n) is 9.14. The maximum atomic E-state index is 14.5. The fourth-order valence-corrected chi connectivity index (χ4v) is 5.31. The third-order valence-electron chi connectivity index (χ3n) is 7.09. The summed E-state index contributed by atoms with van der Waals surface area (Å²) in [5.41, 5.74) is 0.520. The van der Waals surface area contributed by atoms with Gasteiger partial charge in [0, 0.05) is 0 Å². The molecule has 2 saturated carbocycles. The first-order valence-electron chi connectivity index (χ1n) is 12.0. The highest BCUT2D eigenvalue weighted by Gasteiger charge is 2.26. The molecule has 0 radical (unpaired) electrons. The van der Waals surface area contributed by atoms with Gasteiger partial charge >= 0.3 is 0 Å². The van der Waals surface area contributed by atoms with Crippen LogP contribution in [0.5, 0.6) is 5.75 Å². The monoisotopic (exact) mass is 416 g/mol. The van der Waals surface area contributed by atoms with Gasteiger partial charge in [0.05, 0.1) is 6.61 Å². The minimum Gasteiger partial charge on any atom is -0.491 e. The molecule has 0 heterocycles. The van der Waals surface area contributed by atoms with Gasteiger partial charge in [-0.15, -0.1) is 0 Å². The van der Waals surface area contributed by atoms with Gasteiger partial charge in [-0.3, -0.25) is 0 Å². The second kappa shape index (κ2) is 11.7. The van der Waals surface area contributed by atoms with Crippen LogP contribution in [-0.2, 0) is 0 Å². The van der Waals surface area contributed by atoms with Crippen molar-refractivity contribution in [2.75, 3.05) is 6.61 Å². The molecule has 0 saturated heterocycles. The molecule has 2 fully saturated rings. The van der Waals surface area contributed by atoms with Crippen molar-refractivity contribution in [3.05, 3.63) is 53.6 Å². The van der Waals surface area contributed by atoms with Gasteiger partial charge in [0.1, 0.15) is 0 Å². The van der Waals surface area contributed by atoms with Crippen LogP contribution in [0.15, 0.2) is 36.4 Å². The Morgan fingerprint density at radius 2 is 1.57 bits per heavy atom. The van der Waals surface area contributed by atoms with Crippen molar-refractivity contribution in [1.82, 2.24) is 0 Å². The van der Waals surface area contributed by atoms with Crippen LogP contribution in [-0.4, -0.2) is 6.61 Å². The molecule has 1 aromatic rings. The zero-order valence-electron chi connectivity index (χ0n) is 18.7. The highest BCUT2D eigenvalue weighted by Crippen LogP contribution is 2.39. The van der Waals surface area contributed by atoms with E-state index in [4.69, 9.17) is 4.74 Å². The molecule has 0 unspecified atom stereocenters. The van der Waals surface area contributed by atoms with Crippen LogP contribution in [0.2, 0.25) is 0 Å². The largest absolute Gasteiger partial charge is 0.491 e. The van der Waals surface area contributed by atoms with Gasteiger partial charge in [-0.25, -0.2) is 4.39 Å². The van der Waals surface area contributed by atoms with Gasteiger partial charge in [0.2, 0.25) is 5.82 Å². The van der Waals surface area contributed by atoms with Gasteiger partial charge in [-0.1, -0.05) is 30.4 Å². The van der Waals surface area contributed by atoms with Gasteiger partial charge in [0.15, 0.2) is 11.6 Å². The Hall–Kier alpha value is -1.64. The van der Waals surface area contributed by atoms with Gasteiger partial charge in [-0.2, -0.15) is 4.39 Å². The number of hydrogen-bond donors (Lipinski definition) is 0. The predicted octanol–water partition coefficient (Wildman–Crippen LogP) is 8.36. The van der Waals surface area contributed by atoms with E-state index < -0.39 is 11.6 Å². The Labute approximate surface area is 181 Å². The lowest BCUT2D eigenvalue weighted by atomic mass is 9.78. The average Bonchev–Trinajstić information content (AvgIpc) is 2.77. The Balaban J connectivity index is 1.40. The van der Waals surface area contributed by atoms with E-state index in [0.29, 0.717) is 18.1 Å². The molecule has 0 bridgehead atoms. The van der Waals surface area contributed by atoms with E-state index in [2.05, 4.69) is 31.2 Å². The third kappa shape index (κ3) is 6.18. The zero-order chi connectivity index (χ0) is 21.3. The molecule has 0 aliphatic heterocycles.